The largest absolute Gasteiger partial charge is 0.870 e. The van der Waals surface area contributed by atoms with Crippen LogP contribution in [0.3, 0.4) is 0 Å². The normalized spacial score (nSPS) is 13.5. The third-order valence-electron chi connectivity index (χ3n) is 6.56. The number of halogens is 4. The maximum absolute atomic E-state index is 13.3. The van der Waals surface area contributed by atoms with Crippen LogP contribution in [0.25, 0.3) is 11.0 Å². The molecule has 1 aliphatic rings. The van der Waals surface area contributed by atoms with E-state index in [2.05, 4.69) is 14.7 Å². The van der Waals surface area contributed by atoms with E-state index in [-0.39, 0.29) is 33.4 Å². The third-order valence-corrected chi connectivity index (χ3v) is 7.23. The lowest BCUT2D eigenvalue weighted by atomic mass is 10.0. The summed E-state index contributed by atoms with van der Waals surface area (Å²) in [5.74, 6) is -0.615. The van der Waals surface area contributed by atoms with E-state index in [0.29, 0.717) is 34.7 Å². The second-order valence-corrected chi connectivity index (χ2v) is 10.3. The molecular formula is C28H25Cl2F2N3O7. The fraction of sp³-hybridized carbons (Fsp3) is 0.286. The average molecular weight is 624 g/mol. The number of nitrogens with one attached hydrogen (secondary N) is 2. The van der Waals surface area contributed by atoms with Crippen LogP contribution in [0, 0.1) is 5.92 Å². The number of nitrogens with zero attached hydrogens (tertiary/aromatic N) is 1. The average Bonchev–Trinajstić information content (AvgIpc) is 3.76. The number of aromatic amines is 2. The van der Waals surface area contributed by atoms with Crippen LogP contribution >= 0.6 is 23.2 Å². The van der Waals surface area contributed by atoms with Crippen LogP contribution in [0.2, 0.25) is 10.0 Å². The van der Waals surface area contributed by atoms with E-state index in [1.165, 1.54) is 30.6 Å². The molecule has 2 heterocycles. The predicted molar refractivity (Wildman–Crippen MR) is 148 cm³/mol. The van der Waals surface area contributed by atoms with Crippen molar-refractivity contribution in [3.05, 3.63) is 96.7 Å². The number of para-hydroxylation sites is 2. The summed E-state index contributed by atoms with van der Waals surface area (Å²) in [6.07, 6.45) is 3.93. The second-order valence-electron chi connectivity index (χ2n) is 9.51. The zero-order valence-electron chi connectivity index (χ0n) is 21.8. The molecule has 14 heteroatoms. The number of alkyl halides is 2. The topological polar surface area (TPSA) is 144 Å². The van der Waals surface area contributed by atoms with Crippen molar-refractivity contribution in [2.45, 2.75) is 38.5 Å². The number of benzene rings is 2. The van der Waals surface area contributed by atoms with E-state index in [1.807, 2.05) is 0 Å². The van der Waals surface area contributed by atoms with Crippen molar-refractivity contribution in [3.8, 4) is 11.5 Å². The van der Waals surface area contributed by atoms with Crippen LogP contribution in [-0.2, 0) is 22.5 Å². The van der Waals surface area contributed by atoms with Crippen molar-refractivity contribution in [1.82, 2.24) is 9.55 Å². The van der Waals surface area contributed by atoms with Gasteiger partial charge < -0.3 is 24.7 Å². The lowest BCUT2D eigenvalue weighted by Gasteiger charge is -2.21. The Kier molecular flexibility index (Phi) is 9.81. The first-order valence-corrected chi connectivity index (χ1v) is 13.4. The van der Waals surface area contributed by atoms with E-state index < -0.39 is 36.3 Å². The van der Waals surface area contributed by atoms with Gasteiger partial charge in [0.1, 0.15) is 22.7 Å². The number of carbonyl (C=O) groups is 1. The molecule has 1 atom stereocenters. The lowest BCUT2D eigenvalue weighted by Crippen LogP contribution is -2.38. The highest BCUT2D eigenvalue weighted by atomic mass is 35.5. The number of aromatic nitrogens is 3. The zero-order chi connectivity index (χ0) is 29.1. The van der Waals surface area contributed by atoms with Gasteiger partial charge in [-0.25, -0.2) is 4.98 Å². The van der Waals surface area contributed by atoms with E-state index in [0.717, 1.165) is 17.4 Å². The quantitative estimate of drug-likeness (QED) is 0.191. The van der Waals surface area contributed by atoms with Gasteiger partial charge in [-0.2, -0.15) is 8.78 Å². The second kappa shape index (κ2) is 13.3. The number of pyridine rings is 1. The Bertz CT molecular complexity index is 1690. The highest BCUT2D eigenvalue weighted by Gasteiger charge is 2.26. The van der Waals surface area contributed by atoms with Crippen LogP contribution in [0.15, 0.2) is 64.4 Å². The van der Waals surface area contributed by atoms with E-state index >= 15 is 0 Å². The van der Waals surface area contributed by atoms with Gasteiger partial charge in [0.25, 0.3) is 0 Å². The molecule has 4 aromatic rings. The zero-order valence-corrected chi connectivity index (χ0v) is 23.3. The van der Waals surface area contributed by atoms with Gasteiger partial charge in [-0.3, -0.25) is 19.0 Å². The first-order chi connectivity index (χ1) is 19.7. The minimum Gasteiger partial charge on any atom is -0.870 e. The molecule has 0 aliphatic heterocycles. The highest BCUT2D eigenvalue weighted by molar-refractivity contribution is 6.35. The number of hydrogen-bond acceptors (Lipinski definition) is 7. The molecule has 0 radical (unpaired) electrons. The van der Waals surface area contributed by atoms with Gasteiger partial charge in [-0.05, 0) is 48.6 Å². The molecule has 10 nitrogen and oxygen atoms in total. The molecule has 0 unspecified atom stereocenters. The Hall–Kier alpha value is -4.00. The first kappa shape index (κ1) is 30.9. The van der Waals surface area contributed by atoms with Gasteiger partial charge in [-0.15, -0.1) is 0 Å². The Labute approximate surface area is 247 Å². The summed E-state index contributed by atoms with van der Waals surface area (Å²) in [4.78, 5) is 43.4. The summed E-state index contributed by atoms with van der Waals surface area (Å²) in [7, 11) is 0. The SMILES string of the molecule is O=C(Cn1c(=O)c(=O)[nH]c2ccccc21)O[C@@H](Cc1c(Cl)c[nH+]cc1Cl)c1ccc(OC(F)F)c(OCC2CC2)c1.[OH-]. The molecule has 5 rings (SSSR count). The molecule has 222 valence electrons. The predicted octanol–water partition coefficient (Wildman–Crippen LogP) is 4.55. The Balaban J connectivity index is 0.00000405. The van der Waals surface area contributed by atoms with Crippen molar-refractivity contribution in [1.29, 1.82) is 0 Å². The molecule has 3 N–H and O–H groups in total. The minimum atomic E-state index is -3.07. The monoisotopic (exact) mass is 623 g/mol. The van der Waals surface area contributed by atoms with Crippen LogP contribution in [-0.4, -0.2) is 34.2 Å². The smallest absolute Gasteiger partial charge is 0.387 e. The van der Waals surface area contributed by atoms with Crippen LogP contribution in [0.1, 0.15) is 30.1 Å². The van der Waals surface area contributed by atoms with Crippen LogP contribution < -0.4 is 25.6 Å². The molecule has 0 bridgehead atoms. The number of carbonyl (C=O) groups excluding carboxylic acids is 1. The lowest BCUT2D eigenvalue weighted by molar-refractivity contribution is -0.377. The fourth-order valence-corrected chi connectivity index (χ4v) is 4.84. The number of fused-ring (bicyclic) bond motifs is 1. The molecule has 0 saturated heterocycles. The molecule has 2 aromatic carbocycles. The Morgan fingerprint density at radius 3 is 2.48 bits per heavy atom. The van der Waals surface area contributed by atoms with Gasteiger partial charge in [-0.1, -0.05) is 41.4 Å². The maximum atomic E-state index is 13.3. The summed E-state index contributed by atoms with van der Waals surface area (Å²) in [6, 6.07) is 10.8. The van der Waals surface area contributed by atoms with Gasteiger partial charge in [0.05, 0.1) is 17.6 Å². The van der Waals surface area contributed by atoms with Gasteiger partial charge in [0.2, 0.25) is 0 Å². The van der Waals surface area contributed by atoms with E-state index in [9.17, 15) is 23.2 Å². The summed E-state index contributed by atoms with van der Waals surface area (Å²) < 4.78 is 43.4. The molecule has 0 amide bonds. The number of esters is 1. The van der Waals surface area contributed by atoms with Gasteiger partial charge in [0.15, 0.2) is 23.9 Å². The van der Waals surface area contributed by atoms with Crippen molar-refractivity contribution in [2.75, 3.05) is 6.61 Å². The third kappa shape index (κ3) is 7.25. The minimum absolute atomic E-state index is 0. The fourth-order valence-electron chi connectivity index (χ4n) is 4.31. The number of hydrogen-bond donors (Lipinski definition) is 1. The summed E-state index contributed by atoms with van der Waals surface area (Å²) >= 11 is 12.7. The number of rotatable bonds is 11. The maximum Gasteiger partial charge on any atom is 0.387 e. The Morgan fingerprint density at radius 2 is 1.79 bits per heavy atom. The summed E-state index contributed by atoms with van der Waals surface area (Å²) in [5, 5.41) is 0.552. The highest BCUT2D eigenvalue weighted by Crippen LogP contribution is 2.37. The molecule has 1 saturated carbocycles. The summed E-state index contributed by atoms with van der Waals surface area (Å²) in [6.45, 7) is -3.32. The molecule has 1 aliphatic carbocycles. The van der Waals surface area contributed by atoms with Crippen molar-refractivity contribution < 1.29 is 38.2 Å². The molecule has 1 fully saturated rings. The van der Waals surface area contributed by atoms with Gasteiger partial charge >= 0.3 is 23.7 Å². The standard InChI is InChI=1S/C28H23Cl2F2N3O6.H2O/c29-18-11-33-12-19(30)17(18)10-23(16-7-8-22(41-28(31)32)24(9-16)39-14-15-5-6-15)40-25(36)13-35-21-4-2-1-3-20(21)34-26(37)27(35)38;/h1-4,7-9,11-12,15,23,28H,5-6,10,13-14H2,(H,34,37);1H2/t23-;/m0./s1. The van der Waals surface area contributed by atoms with E-state index in [1.54, 1.807) is 24.3 Å². The molecule has 42 heavy (non-hydrogen) atoms. The summed E-state index contributed by atoms with van der Waals surface area (Å²) in [5.41, 5.74) is -0.275. The Morgan fingerprint density at radius 1 is 1.07 bits per heavy atom. The number of H-pyrrole nitrogens is 2. The number of ether oxygens (including phenoxy) is 3. The van der Waals surface area contributed by atoms with Crippen molar-refractivity contribution >= 4 is 40.2 Å². The van der Waals surface area contributed by atoms with Crippen LogP contribution in [0.5, 0.6) is 11.5 Å². The van der Waals surface area contributed by atoms with Crippen molar-refractivity contribution in [2.24, 2.45) is 5.92 Å². The molecule has 2 aromatic heterocycles. The van der Waals surface area contributed by atoms with Gasteiger partial charge in [0, 0.05) is 12.0 Å². The molecular weight excluding hydrogens is 599 g/mol. The van der Waals surface area contributed by atoms with E-state index in [4.69, 9.17) is 32.7 Å². The molecule has 0 spiro atoms. The van der Waals surface area contributed by atoms with Crippen molar-refractivity contribution in [3.63, 3.8) is 0 Å². The first-order valence-electron chi connectivity index (χ1n) is 12.7. The van der Waals surface area contributed by atoms with Crippen LogP contribution in [0.4, 0.5) is 8.78 Å².